The minimum Gasteiger partial charge on any atom is -0.465 e. The van der Waals surface area contributed by atoms with Gasteiger partial charge in [-0.05, 0) is 98.1 Å². The number of rotatable bonds is 8. The molecule has 2 unspecified atom stereocenters. The highest BCUT2D eigenvalue weighted by molar-refractivity contribution is 5.29. The standard InChI is InChI=1S/C24H36O2/c1-4-17(2)21-5-7-22(8-6-21)26-23(25-3)9-10-24-14-18-11-19(15-24)13-20(12-18)16-24/h5-8,17-20,23H,4,9-16H2,1-3H3. The molecule has 0 saturated heterocycles. The number of benzene rings is 1. The highest BCUT2D eigenvalue weighted by Crippen LogP contribution is 2.61. The Balaban J connectivity index is 1.33. The van der Waals surface area contributed by atoms with Crippen molar-refractivity contribution in [1.82, 2.24) is 0 Å². The highest BCUT2D eigenvalue weighted by atomic mass is 16.7. The average molecular weight is 357 g/mol. The average Bonchev–Trinajstić information content (AvgIpc) is 2.64. The van der Waals surface area contributed by atoms with Crippen LogP contribution in [-0.4, -0.2) is 13.4 Å². The molecule has 4 bridgehead atoms. The molecule has 0 amide bonds. The molecule has 0 N–H and O–H groups in total. The van der Waals surface area contributed by atoms with E-state index in [4.69, 9.17) is 9.47 Å². The molecule has 4 aliphatic carbocycles. The van der Waals surface area contributed by atoms with Crippen LogP contribution >= 0.6 is 0 Å². The first-order valence-electron chi connectivity index (χ1n) is 10.9. The Morgan fingerprint density at radius 3 is 2.08 bits per heavy atom. The first-order valence-corrected chi connectivity index (χ1v) is 10.9. The third-order valence-corrected chi connectivity index (χ3v) is 7.67. The van der Waals surface area contributed by atoms with Crippen LogP contribution in [0.5, 0.6) is 5.75 Å². The van der Waals surface area contributed by atoms with Gasteiger partial charge in [0.15, 0.2) is 6.29 Å². The molecule has 4 aliphatic rings. The molecule has 2 heteroatoms. The largest absolute Gasteiger partial charge is 0.465 e. The van der Waals surface area contributed by atoms with Crippen LogP contribution in [0.2, 0.25) is 0 Å². The van der Waals surface area contributed by atoms with E-state index >= 15 is 0 Å². The zero-order valence-corrected chi connectivity index (χ0v) is 16.9. The van der Waals surface area contributed by atoms with Crippen molar-refractivity contribution in [1.29, 1.82) is 0 Å². The lowest BCUT2D eigenvalue weighted by atomic mass is 9.48. The molecule has 0 spiro atoms. The van der Waals surface area contributed by atoms with Crippen LogP contribution in [0.15, 0.2) is 24.3 Å². The van der Waals surface area contributed by atoms with Crippen LogP contribution < -0.4 is 4.74 Å². The Kier molecular flexibility index (Phi) is 5.32. The van der Waals surface area contributed by atoms with Gasteiger partial charge in [0.05, 0.1) is 0 Å². The fraction of sp³-hybridized carbons (Fsp3) is 0.750. The number of methoxy groups -OCH3 is 1. The summed E-state index contributed by atoms with van der Waals surface area (Å²) in [6.45, 7) is 4.51. The normalized spacial score (nSPS) is 34.7. The molecule has 0 heterocycles. The predicted octanol–water partition coefficient (Wildman–Crippen LogP) is 6.55. The lowest BCUT2D eigenvalue weighted by Crippen LogP contribution is -2.46. The van der Waals surface area contributed by atoms with Crippen molar-refractivity contribution in [2.24, 2.45) is 23.2 Å². The van der Waals surface area contributed by atoms with Crippen molar-refractivity contribution in [2.45, 2.75) is 83.8 Å². The maximum Gasteiger partial charge on any atom is 0.199 e. The Labute approximate surface area is 159 Å². The summed E-state index contributed by atoms with van der Waals surface area (Å²) in [4.78, 5) is 0. The van der Waals surface area contributed by atoms with Crippen molar-refractivity contribution in [2.75, 3.05) is 7.11 Å². The molecule has 1 aromatic carbocycles. The van der Waals surface area contributed by atoms with Gasteiger partial charge in [0, 0.05) is 13.5 Å². The van der Waals surface area contributed by atoms with Gasteiger partial charge in [-0.25, -0.2) is 0 Å². The second-order valence-corrected chi connectivity index (χ2v) is 9.62. The lowest BCUT2D eigenvalue weighted by Gasteiger charge is -2.57. The van der Waals surface area contributed by atoms with Crippen molar-refractivity contribution in [3.05, 3.63) is 29.8 Å². The molecule has 4 fully saturated rings. The molecule has 144 valence electrons. The van der Waals surface area contributed by atoms with Gasteiger partial charge in [0.2, 0.25) is 0 Å². The Bertz CT molecular complexity index is 555. The molecule has 0 aliphatic heterocycles. The summed E-state index contributed by atoms with van der Waals surface area (Å²) in [5.41, 5.74) is 2.00. The fourth-order valence-electron chi connectivity index (χ4n) is 6.51. The zero-order valence-electron chi connectivity index (χ0n) is 16.9. The summed E-state index contributed by atoms with van der Waals surface area (Å²) in [5, 5.41) is 0. The number of hydrogen-bond acceptors (Lipinski definition) is 2. The quantitative estimate of drug-likeness (QED) is 0.492. The van der Waals surface area contributed by atoms with E-state index in [1.54, 1.807) is 7.11 Å². The van der Waals surface area contributed by atoms with E-state index in [1.807, 2.05) is 0 Å². The van der Waals surface area contributed by atoms with Gasteiger partial charge in [-0.2, -0.15) is 0 Å². The molecule has 0 aromatic heterocycles. The van der Waals surface area contributed by atoms with E-state index in [9.17, 15) is 0 Å². The Morgan fingerprint density at radius 1 is 1.00 bits per heavy atom. The van der Waals surface area contributed by atoms with Gasteiger partial charge in [-0.15, -0.1) is 0 Å². The monoisotopic (exact) mass is 356 g/mol. The molecule has 4 saturated carbocycles. The molecule has 2 atom stereocenters. The van der Waals surface area contributed by atoms with E-state index in [2.05, 4.69) is 38.1 Å². The van der Waals surface area contributed by atoms with Crippen molar-refractivity contribution in [3.63, 3.8) is 0 Å². The molecular formula is C24H36O2. The van der Waals surface area contributed by atoms with Gasteiger partial charge in [0.1, 0.15) is 5.75 Å². The molecular weight excluding hydrogens is 320 g/mol. The van der Waals surface area contributed by atoms with Gasteiger partial charge >= 0.3 is 0 Å². The van der Waals surface area contributed by atoms with Crippen LogP contribution in [0.25, 0.3) is 0 Å². The van der Waals surface area contributed by atoms with E-state index < -0.39 is 0 Å². The zero-order chi connectivity index (χ0) is 18.1. The van der Waals surface area contributed by atoms with Crippen molar-refractivity contribution >= 4 is 0 Å². The third-order valence-electron chi connectivity index (χ3n) is 7.67. The minimum absolute atomic E-state index is 0.113. The predicted molar refractivity (Wildman–Crippen MR) is 106 cm³/mol. The highest BCUT2D eigenvalue weighted by Gasteiger charge is 2.50. The molecule has 2 nitrogen and oxygen atoms in total. The fourth-order valence-corrected chi connectivity index (χ4v) is 6.51. The van der Waals surface area contributed by atoms with Crippen molar-refractivity contribution in [3.8, 4) is 5.75 Å². The summed E-state index contributed by atoms with van der Waals surface area (Å²) in [6.07, 6.45) is 12.3. The molecule has 0 radical (unpaired) electrons. The van der Waals surface area contributed by atoms with E-state index in [0.717, 1.165) is 29.9 Å². The summed E-state index contributed by atoms with van der Waals surface area (Å²) >= 11 is 0. The van der Waals surface area contributed by atoms with E-state index in [-0.39, 0.29) is 6.29 Å². The summed E-state index contributed by atoms with van der Waals surface area (Å²) in [7, 11) is 1.79. The van der Waals surface area contributed by atoms with Crippen molar-refractivity contribution < 1.29 is 9.47 Å². The maximum atomic E-state index is 6.17. The van der Waals surface area contributed by atoms with Crippen LogP contribution in [0.3, 0.4) is 0 Å². The molecule has 5 rings (SSSR count). The summed E-state index contributed by atoms with van der Waals surface area (Å²) in [5.74, 6) is 4.62. The Hall–Kier alpha value is -1.02. The topological polar surface area (TPSA) is 18.5 Å². The minimum atomic E-state index is -0.113. The smallest absolute Gasteiger partial charge is 0.199 e. The van der Waals surface area contributed by atoms with Crippen LogP contribution in [0.1, 0.15) is 83.1 Å². The van der Waals surface area contributed by atoms with Crippen LogP contribution in [-0.2, 0) is 4.74 Å². The first-order chi connectivity index (χ1) is 12.6. The van der Waals surface area contributed by atoms with Gasteiger partial charge in [0.25, 0.3) is 0 Å². The van der Waals surface area contributed by atoms with Gasteiger partial charge in [-0.1, -0.05) is 26.0 Å². The van der Waals surface area contributed by atoms with Gasteiger partial charge < -0.3 is 9.47 Å². The van der Waals surface area contributed by atoms with Gasteiger partial charge in [-0.3, -0.25) is 0 Å². The summed E-state index contributed by atoms with van der Waals surface area (Å²) < 4.78 is 11.9. The first kappa shape index (κ1) is 18.3. The second kappa shape index (κ2) is 7.54. The second-order valence-electron chi connectivity index (χ2n) is 9.62. The SMILES string of the molecule is CCC(C)c1ccc(OC(CCC23CC4CC(CC(C4)C2)C3)OC)cc1. The molecule has 1 aromatic rings. The number of hydrogen-bond donors (Lipinski definition) is 0. The number of ether oxygens (including phenoxy) is 2. The summed E-state index contributed by atoms with van der Waals surface area (Å²) in [6, 6.07) is 8.63. The lowest BCUT2D eigenvalue weighted by molar-refractivity contribution is -0.0940. The van der Waals surface area contributed by atoms with Crippen LogP contribution in [0.4, 0.5) is 0 Å². The van der Waals surface area contributed by atoms with E-state index in [1.165, 1.54) is 56.9 Å². The molecule has 26 heavy (non-hydrogen) atoms. The maximum absolute atomic E-state index is 6.17. The Morgan fingerprint density at radius 2 is 1.58 bits per heavy atom. The van der Waals surface area contributed by atoms with Crippen LogP contribution in [0, 0.1) is 23.2 Å². The van der Waals surface area contributed by atoms with E-state index in [0.29, 0.717) is 11.3 Å². The third kappa shape index (κ3) is 3.81.